The van der Waals surface area contributed by atoms with Crippen molar-refractivity contribution < 1.29 is 0 Å². The number of rotatable bonds is 6. The van der Waals surface area contributed by atoms with Crippen LogP contribution >= 0.6 is 23.1 Å². The quantitative estimate of drug-likeness (QED) is 0.383. The summed E-state index contributed by atoms with van der Waals surface area (Å²) in [6.07, 6.45) is 1.06. The maximum Gasteiger partial charge on any atom is 0.191 e. The van der Waals surface area contributed by atoms with E-state index in [2.05, 4.69) is 82.5 Å². The molecule has 0 aliphatic heterocycles. The summed E-state index contributed by atoms with van der Waals surface area (Å²) in [5.74, 6) is 1.87. The molecule has 0 fully saturated rings. The van der Waals surface area contributed by atoms with Gasteiger partial charge in [-0.25, -0.2) is 0 Å². The maximum atomic E-state index is 4.48. The van der Waals surface area contributed by atoms with Crippen molar-refractivity contribution >= 4 is 33.9 Å². The first-order valence-corrected chi connectivity index (χ1v) is 10.8. The van der Waals surface area contributed by atoms with Crippen molar-refractivity contribution in [2.45, 2.75) is 37.7 Å². The van der Waals surface area contributed by atoms with E-state index < -0.39 is 0 Å². The Morgan fingerprint density at radius 3 is 2.69 bits per heavy atom. The fourth-order valence-corrected chi connectivity index (χ4v) is 4.96. The molecule has 0 aliphatic carbocycles. The molecule has 0 unspecified atom stereocenters. The number of nitrogens with zero attached hydrogens (tertiary/aromatic N) is 3. The molecule has 0 saturated heterocycles. The molecule has 4 rings (SSSR count). The molecule has 2 aromatic carbocycles. The largest absolute Gasteiger partial charge is 0.302 e. The average Bonchev–Trinajstić information content (AvgIpc) is 3.32. The Bertz CT molecular complexity index is 1030. The van der Waals surface area contributed by atoms with E-state index in [9.17, 15) is 0 Å². The minimum atomic E-state index is 0.873. The second-order valence-corrected chi connectivity index (χ2v) is 8.07. The highest BCUT2D eigenvalue weighted by Crippen LogP contribution is 2.30. The summed E-state index contributed by atoms with van der Waals surface area (Å²) in [4.78, 5) is 1.38. The lowest BCUT2D eigenvalue weighted by molar-refractivity contribution is 0.687. The van der Waals surface area contributed by atoms with E-state index in [0.29, 0.717) is 0 Å². The van der Waals surface area contributed by atoms with Crippen molar-refractivity contribution in [3.63, 3.8) is 0 Å². The van der Waals surface area contributed by atoms with Gasteiger partial charge in [-0.3, -0.25) is 0 Å². The topological polar surface area (TPSA) is 30.7 Å². The van der Waals surface area contributed by atoms with Crippen LogP contribution in [0.25, 0.3) is 22.2 Å². The number of hydrogen-bond acceptors (Lipinski definition) is 4. The van der Waals surface area contributed by atoms with Crippen LogP contribution in [0.4, 0.5) is 0 Å². The van der Waals surface area contributed by atoms with Gasteiger partial charge in [0, 0.05) is 28.1 Å². The van der Waals surface area contributed by atoms with E-state index >= 15 is 0 Å². The average molecular weight is 380 g/mol. The van der Waals surface area contributed by atoms with Gasteiger partial charge in [0.1, 0.15) is 0 Å². The van der Waals surface area contributed by atoms with Gasteiger partial charge in [-0.05, 0) is 35.7 Å². The third-order valence-electron chi connectivity index (χ3n) is 4.53. The van der Waals surface area contributed by atoms with Crippen molar-refractivity contribution in [3.8, 4) is 11.4 Å². The molecule has 0 N–H and O–H groups in total. The smallest absolute Gasteiger partial charge is 0.191 e. The zero-order valence-corrected chi connectivity index (χ0v) is 16.6. The Kier molecular flexibility index (Phi) is 5.09. The molecular weight excluding hydrogens is 358 g/mol. The SMILES string of the molecule is CCc1cc(-c2nnc(SCc3cccc4ccccc34)n2CC)cs1. The van der Waals surface area contributed by atoms with E-state index in [4.69, 9.17) is 0 Å². The van der Waals surface area contributed by atoms with E-state index in [1.54, 1.807) is 23.1 Å². The van der Waals surface area contributed by atoms with E-state index in [1.165, 1.54) is 26.8 Å². The summed E-state index contributed by atoms with van der Waals surface area (Å²) in [6.45, 7) is 5.21. The van der Waals surface area contributed by atoms with Gasteiger partial charge in [0.05, 0.1) is 0 Å². The van der Waals surface area contributed by atoms with Crippen molar-refractivity contribution in [3.05, 3.63) is 64.4 Å². The predicted octanol–water partition coefficient (Wildman–Crippen LogP) is 6.03. The molecule has 4 aromatic rings. The Morgan fingerprint density at radius 2 is 1.88 bits per heavy atom. The monoisotopic (exact) mass is 379 g/mol. The molecular formula is C21H21N3S2. The lowest BCUT2D eigenvalue weighted by Crippen LogP contribution is -1.99. The first-order chi connectivity index (χ1) is 12.8. The zero-order valence-electron chi connectivity index (χ0n) is 15.0. The van der Waals surface area contributed by atoms with E-state index in [0.717, 1.165) is 29.7 Å². The molecule has 26 heavy (non-hydrogen) atoms. The molecule has 0 aliphatic rings. The normalized spacial score (nSPS) is 11.3. The van der Waals surface area contributed by atoms with Crippen LogP contribution in [0.15, 0.2) is 59.1 Å². The minimum absolute atomic E-state index is 0.873. The number of thioether (sulfide) groups is 1. The van der Waals surface area contributed by atoms with Crippen LogP contribution < -0.4 is 0 Å². The van der Waals surface area contributed by atoms with Gasteiger partial charge >= 0.3 is 0 Å². The van der Waals surface area contributed by atoms with Gasteiger partial charge in [0.25, 0.3) is 0 Å². The van der Waals surface area contributed by atoms with Gasteiger partial charge in [-0.2, -0.15) is 0 Å². The van der Waals surface area contributed by atoms with Gasteiger partial charge in [0.2, 0.25) is 0 Å². The third-order valence-corrected chi connectivity index (χ3v) is 6.63. The molecule has 5 heteroatoms. The molecule has 0 atom stereocenters. The van der Waals surface area contributed by atoms with Crippen LogP contribution in [0.5, 0.6) is 0 Å². The molecule has 132 valence electrons. The molecule has 0 spiro atoms. The van der Waals surface area contributed by atoms with Crippen LogP contribution in [0.2, 0.25) is 0 Å². The first kappa shape index (κ1) is 17.3. The Hall–Kier alpha value is -2.11. The summed E-state index contributed by atoms with van der Waals surface area (Å²) in [6, 6.07) is 17.3. The van der Waals surface area contributed by atoms with Gasteiger partial charge < -0.3 is 4.57 Å². The summed E-state index contributed by atoms with van der Waals surface area (Å²) in [7, 11) is 0. The van der Waals surface area contributed by atoms with Gasteiger partial charge in [0.15, 0.2) is 11.0 Å². The zero-order chi connectivity index (χ0) is 17.9. The minimum Gasteiger partial charge on any atom is -0.302 e. The number of fused-ring (bicyclic) bond motifs is 1. The summed E-state index contributed by atoms with van der Waals surface area (Å²) in [5.41, 5.74) is 2.52. The molecule has 2 heterocycles. The predicted molar refractivity (Wildman–Crippen MR) is 112 cm³/mol. The van der Waals surface area contributed by atoms with Crippen molar-refractivity contribution in [1.82, 2.24) is 14.8 Å². The lowest BCUT2D eigenvalue weighted by Gasteiger charge is -2.08. The molecule has 0 saturated carbocycles. The summed E-state index contributed by atoms with van der Waals surface area (Å²) >= 11 is 3.56. The van der Waals surface area contributed by atoms with Crippen molar-refractivity contribution in [1.29, 1.82) is 0 Å². The fraction of sp³-hybridized carbons (Fsp3) is 0.238. The van der Waals surface area contributed by atoms with Crippen LogP contribution in [-0.4, -0.2) is 14.8 Å². The maximum absolute atomic E-state index is 4.48. The Morgan fingerprint density at radius 1 is 1.04 bits per heavy atom. The number of benzene rings is 2. The highest BCUT2D eigenvalue weighted by Gasteiger charge is 2.15. The summed E-state index contributed by atoms with van der Waals surface area (Å²) in [5, 5.41) is 14.7. The fourth-order valence-electron chi connectivity index (χ4n) is 3.14. The Balaban J connectivity index is 1.60. The van der Waals surface area contributed by atoms with Crippen LogP contribution in [0.1, 0.15) is 24.3 Å². The van der Waals surface area contributed by atoms with E-state index in [1.807, 2.05) is 0 Å². The van der Waals surface area contributed by atoms with Crippen molar-refractivity contribution in [2.75, 3.05) is 0 Å². The molecule has 2 aromatic heterocycles. The molecule has 0 bridgehead atoms. The van der Waals surface area contributed by atoms with Crippen LogP contribution in [-0.2, 0) is 18.7 Å². The van der Waals surface area contributed by atoms with Gasteiger partial charge in [-0.15, -0.1) is 21.5 Å². The number of hydrogen-bond donors (Lipinski definition) is 0. The lowest BCUT2D eigenvalue weighted by atomic mass is 10.1. The highest BCUT2D eigenvalue weighted by atomic mass is 32.2. The van der Waals surface area contributed by atoms with E-state index in [-0.39, 0.29) is 0 Å². The molecule has 0 amide bonds. The highest BCUT2D eigenvalue weighted by molar-refractivity contribution is 7.98. The van der Waals surface area contributed by atoms with Crippen LogP contribution in [0, 0.1) is 0 Å². The summed E-state index contributed by atoms with van der Waals surface area (Å²) < 4.78 is 2.22. The third kappa shape index (κ3) is 3.29. The number of aromatic nitrogens is 3. The Labute approximate surface area is 162 Å². The second kappa shape index (κ2) is 7.64. The van der Waals surface area contributed by atoms with Crippen LogP contribution in [0.3, 0.4) is 0 Å². The molecule has 0 radical (unpaired) electrons. The number of aryl methyl sites for hydroxylation is 1. The van der Waals surface area contributed by atoms with Gasteiger partial charge in [-0.1, -0.05) is 61.2 Å². The molecule has 3 nitrogen and oxygen atoms in total. The first-order valence-electron chi connectivity index (χ1n) is 8.90. The van der Waals surface area contributed by atoms with Crippen molar-refractivity contribution in [2.24, 2.45) is 0 Å². The second-order valence-electron chi connectivity index (χ2n) is 6.13. The number of thiophene rings is 1. The standard InChI is InChI=1S/C21H21N3S2/c1-3-18-12-17(14-25-18)20-22-23-21(24(20)4-2)26-13-16-10-7-9-15-8-5-6-11-19(15)16/h5-12,14H,3-4,13H2,1-2H3.